The minimum Gasteiger partial charge on any atom is -0.399 e. The molecule has 0 fully saturated rings. The van der Waals surface area contributed by atoms with Gasteiger partial charge in [0.25, 0.3) is 0 Å². The van der Waals surface area contributed by atoms with Crippen LogP contribution in [0, 0.1) is 0 Å². The SMILES string of the molecule is CC(C)(N)Cn1c(-c2ccc(N)cc2)nc2ccccc21. The van der Waals surface area contributed by atoms with Crippen molar-refractivity contribution in [3.8, 4) is 11.4 Å². The van der Waals surface area contributed by atoms with E-state index in [9.17, 15) is 0 Å². The van der Waals surface area contributed by atoms with E-state index < -0.39 is 0 Å². The molecule has 0 radical (unpaired) electrons. The lowest BCUT2D eigenvalue weighted by Crippen LogP contribution is -2.37. The van der Waals surface area contributed by atoms with Crippen LogP contribution in [-0.2, 0) is 6.54 Å². The molecule has 0 bridgehead atoms. The van der Waals surface area contributed by atoms with Gasteiger partial charge in [-0.05, 0) is 50.2 Å². The fraction of sp³-hybridized carbons (Fsp3) is 0.235. The highest BCUT2D eigenvalue weighted by molar-refractivity contribution is 5.80. The lowest BCUT2D eigenvalue weighted by Gasteiger charge is -2.21. The smallest absolute Gasteiger partial charge is 0.141 e. The molecule has 2 aromatic carbocycles. The first-order valence-electron chi connectivity index (χ1n) is 7.04. The number of para-hydroxylation sites is 2. The molecule has 4 heteroatoms. The number of imidazole rings is 1. The zero-order valence-electron chi connectivity index (χ0n) is 12.4. The summed E-state index contributed by atoms with van der Waals surface area (Å²) in [4.78, 5) is 4.76. The highest BCUT2D eigenvalue weighted by atomic mass is 15.1. The van der Waals surface area contributed by atoms with Crippen molar-refractivity contribution < 1.29 is 0 Å². The van der Waals surface area contributed by atoms with Gasteiger partial charge in [-0.25, -0.2) is 4.98 Å². The maximum atomic E-state index is 6.22. The van der Waals surface area contributed by atoms with Crippen LogP contribution in [0.1, 0.15) is 13.8 Å². The van der Waals surface area contributed by atoms with E-state index >= 15 is 0 Å². The van der Waals surface area contributed by atoms with Crippen molar-refractivity contribution in [2.75, 3.05) is 5.73 Å². The molecular weight excluding hydrogens is 260 g/mol. The molecule has 0 spiro atoms. The molecular formula is C17H20N4. The summed E-state index contributed by atoms with van der Waals surface area (Å²) in [5.41, 5.74) is 15.6. The molecule has 1 heterocycles. The van der Waals surface area contributed by atoms with E-state index in [0.717, 1.165) is 28.1 Å². The second kappa shape index (κ2) is 4.90. The van der Waals surface area contributed by atoms with Crippen LogP contribution in [0.4, 0.5) is 5.69 Å². The van der Waals surface area contributed by atoms with E-state index in [1.165, 1.54) is 0 Å². The Morgan fingerprint density at radius 3 is 2.38 bits per heavy atom. The molecule has 4 N–H and O–H groups in total. The molecule has 3 rings (SSSR count). The fourth-order valence-corrected chi connectivity index (χ4v) is 2.50. The normalized spacial score (nSPS) is 12.0. The van der Waals surface area contributed by atoms with Crippen molar-refractivity contribution in [2.45, 2.75) is 25.9 Å². The van der Waals surface area contributed by atoms with Gasteiger partial charge in [0.1, 0.15) is 5.82 Å². The first kappa shape index (κ1) is 13.6. The van der Waals surface area contributed by atoms with Gasteiger partial charge in [-0.1, -0.05) is 12.1 Å². The lowest BCUT2D eigenvalue weighted by atomic mass is 10.1. The first-order chi connectivity index (χ1) is 9.94. The van der Waals surface area contributed by atoms with E-state index in [1.54, 1.807) is 0 Å². The van der Waals surface area contributed by atoms with Gasteiger partial charge in [0.15, 0.2) is 0 Å². The van der Waals surface area contributed by atoms with Gasteiger partial charge in [0, 0.05) is 23.3 Å². The van der Waals surface area contributed by atoms with E-state index in [-0.39, 0.29) is 5.54 Å². The fourth-order valence-electron chi connectivity index (χ4n) is 2.50. The Morgan fingerprint density at radius 2 is 1.71 bits per heavy atom. The maximum Gasteiger partial charge on any atom is 0.141 e. The lowest BCUT2D eigenvalue weighted by molar-refractivity contribution is 0.442. The van der Waals surface area contributed by atoms with Crippen LogP contribution < -0.4 is 11.5 Å². The summed E-state index contributed by atoms with van der Waals surface area (Å²) in [5.74, 6) is 0.926. The summed E-state index contributed by atoms with van der Waals surface area (Å²) in [5, 5.41) is 0. The quantitative estimate of drug-likeness (QED) is 0.724. The molecule has 4 nitrogen and oxygen atoms in total. The molecule has 0 unspecified atom stereocenters. The Hall–Kier alpha value is -2.33. The third-order valence-corrected chi connectivity index (χ3v) is 3.39. The van der Waals surface area contributed by atoms with E-state index in [1.807, 2.05) is 56.3 Å². The first-order valence-corrected chi connectivity index (χ1v) is 7.04. The number of rotatable bonds is 3. The number of nitrogens with two attached hydrogens (primary N) is 2. The van der Waals surface area contributed by atoms with Crippen molar-refractivity contribution in [1.29, 1.82) is 0 Å². The summed E-state index contributed by atoms with van der Waals surface area (Å²) in [6.45, 7) is 4.75. The van der Waals surface area contributed by atoms with Gasteiger partial charge < -0.3 is 16.0 Å². The van der Waals surface area contributed by atoms with Crippen LogP contribution >= 0.6 is 0 Å². The number of aromatic nitrogens is 2. The number of anilines is 1. The van der Waals surface area contributed by atoms with Gasteiger partial charge in [0.2, 0.25) is 0 Å². The predicted molar refractivity (Wildman–Crippen MR) is 87.8 cm³/mol. The van der Waals surface area contributed by atoms with Crippen molar-refractivity contribution in [3.63, 3.8) is 0 Å². The largest absolute Gasteiger partial charge is 0.399 e. The summed E-state index contributed by atoms with van der Waals surface area (Å²) >= 11 is 0. The van der Waals surface area contributed by atoms with Gasteiger partial charge in [-0.3, -0.25) is 0 Å². The monoisotopic (exact) mass is 280 g/mol. The predicted octanol–water partition coefficient (Wildman–Crippen LogP) is 3.02. The van der Waals surface area contributed by atoms with Crippen LogP contribution in [0.25, 0.3) is 22.4 Å². The third-order valence-electron chi connectivity index (χ3n) is 3.39. The number of hydrogen-bond acceptors (Lipinski definition) is 3. The zero-order chi connectivity index (χ0) is 15.0. The Morgan fingerprint density at radius 1 is 1.05 bits per heavy atom. The Kier molecular flexibility index (Phi) is 3.18. The van der Waals surface area contributed by atoms with Gasteiger partial charge in [-0.2, -0.15) is 0 Å². The van der Waals surface area contributed by atoms with Gasteiger partial charge in [-0.15, -0.1) is 0 Å². The summed E-state index contributed by atoms with van der Waals surface area (Å²) < 4.78 is 2.18. The molecule has 3 aromatic rings. The van der Waals surface area contributed by atoms with E-state index in [0.29, 0.717) is 6.54 Å². The molecule has 0 aliphatic rings. The molecule has 108 valence electrons. The minimum absolute atomic E-state index is 0.313. The topological polar surface area (TPSA) is 69.9 Å². The van der Waals surface area contributed by atoms with Crippen LogP contribution in [0.5, 0.6) is 0 Å². The van der Waals surface area contributed by atoms with E-state index in [4.69, 9.17) is 16.5 Å². The van der Waals surface area contributed by atoms with Crippen molar-refractivity contribution >= 4 is 16.7 Å². The molecule has 0 aliphatic heterocycles. The standard InChI is InChI=1S/C17H20N4/c1-17(2,19)11-21-15-6-4-3-5-14(15)20-16(21)12-7-9-13(18)10-8-12/h3-10H,11,18-19H2,1-2H3. The van der Waals surface area contributed by atoms with Crippen LogP contribution in [0.15, 0.2) is 48.5 Å². The summed E-state index contributed by atoms with van der Waals surface area (Å²) in [6.07, 6.45) is 0. The number of benzene rings is 2. The van der Waals surface area contributed by atoms with Crippen LogP contribution in [0.2, 0.25) is 0 Å². The van der Waals surface area contributed by atoms with Gasteiger partial charge in [0.05, 0.1) is 11.0 Å². The molecule has 0 atom stereocenters. The average Bonchev–Trinajstić information content (AvgIpc) is 2.77. The summed E-state index contributed by atoms with van der Waals surface area (Å²) in [6, 6.07) is 15.9. The second-order valence-electron chi connectivity index (χ2n) is 6.12. The van der Waals surface area contributed by atoms with Gasteiger partial charge >= 0.3 is 0 Å². The molecule has 0 amide bonds. The Bertz CT molecular complexity index is 764. The van der Waals surface area contributed by atoms with Crippen LogP contribution in [0.3, 0.4) is 0 Å². The highest BCUT2D eigenvalue weighted by Gasteiger charge is 2.18. The second-order valence-corrected chi connectivity index (χ2v) is 6.12. The third kappa shape index (κ3) is 2.76. The number of fused-ring (bicyclic) bond motifs is 1. The molecule has 0 saturated carbocycles. The van der Waals surface area contributed by atoms with Crippen molar-refractivity contribution in [3.05, 3.63) is 48.5 Å². The molecule has 0 aliphatic carbocycles. The highest BCUT2D eigenvalue weighted by Crippen LogP contribution is 2.26. The number of nitrogens with zero attached hydrogens (tertiary/aromatic N) is 2. The Labute approximate surface area is 124 Å². The maximum absolute atomic E-state index is 6.22. The average molecular weight is 280 g/mol. The Balaban J connectivity index is 2.21. The molecule has 21 heavy (non-hydrogen) atoms. The van der Waals surface area contributed by atoms with Crippen LogP contribution in [-0.4, -0.2) is 15.1 Å². The minimum atomic E-state index is -0.313. The van der Waals surface area contributed by atoms with E-state index in [2.05, 4.69) is 10.6 Å². The van der Waals surface area contributed by atoms with Crippen molar-refractivity contribution in [2.24, 2.45) is 5.73 Å². The number of hydrogen-bond donors (Lipinski definition) is 2. The molecule has 0 saturated heterocycles. The zero-order valence-corrected chi connectivity index (χ0v) is 12.4. The summed E-state index contributed by atoms with van der Waals surface area (Å²) in [7, 11) is 0. The van der Waals surface area contributed by atoms with Crippen molar-refractivity contribution in [1.82, 2.24) is 9.55 Å². The molecule has 1 aromatic heterocycles. The number of nitrogen functional groups attached to an aromatic ring is 1.